The van der Waals surface area contributed by atoms with Crippen LogP contribution in [0.2, 0.25) is 0 Å². The smallest absolute Gasteiger partial charge is 0.274 e. The van der Waals surface area contributed by atoms with Gasteiger partial charge in [0.25, 0.3) is 5.91 Å². The summed E-state index contributed by atoms with van der Waals surface area (Å²) in [6.07, 6.45) is 1.60. The molecule has 1 heterocycles. The van der Waals surface area contributed by atoms with Crippen molar-refractivity contribution in [2.75, 3.05) is 5.32 Å². The quantitative estimate of drug-likeness (QED) is 0.840. The summed E-state index contributed by atoms with van der Waals surface area (Å²) < 4.78 is 0. The number of carbonyl (C=O) groups is 1. The fourth-order valence-electron chi connectivity index (χ4n) is 1.63. The minimum Gasteiger partial charge on any atom is -0.389 e. The maximum atomic E-state index is 12.0. The van der Waals surface area contributed by atoms with Crippen LogP contribution in [0, 0.1) is 6.92 Å². The van der Waals surface area contributed by atoms with E-state index in [1.165, 1.54) is 0 Å². The zero-order valence-corrected chi connectivity index (χ0v) is 11.2. The summed E-state index contributed by atoms with van der Waals surface area (Å²) in [4.78, 5) is 16.4. The number of carbonyl (C=O) groups excluding carboxylic acids is 1. The predicted molar refractivity (Wildman–Crippen MR) is 79.3 cm³/mol. The van der Waals surface area contributed by atoms with Gasteiger partial charge < -0.3 is 11.1 Å². The van der Waals surface area contributed by atoms with Crippen LogP contribution < -0.4 is 11.1 Å². The first-order valence-electron chi connectivity index (χ1n) is 5.71. The average molecular weight is 271 g/mol. The Kier molecular flexibility index (Phi) is 3.87. The molecule has 3 N–H and O–H groups in total. The molecule has 1 aromatic heterocycles. The molecule has 4 nitrogen and oxygen atoms in total. The number of hydrogen-bond acceptors (Lipinski definition) is 3. The first-order chi connectivity index (χ1) is 9.08. The molecule has 0 spiro atoms. The second-order valence-electron chi connectivity index (χ2n) is 4.06. The van der Waals surface area contributed by atoms with Gasteiger partial charge in [0.1, 0.15) is 10.7 Å². The maximum absolute atomic E-state index is 12.0. The fourth-order valence-corrected chi connectivity index (χ4v) is 1.77. The molecule has 0 saturated heterocycles. The van der Waals surface area contributed by atoms with Crippen molar-refractivity contribution in [3.05, 3.63) is 59.4 Å². The standard InChI is InChI=1S/C14H13N3OS/c1-9-3-2-8-16-12(9)14(18)17-11-6-4-10(5-7-11)13(15)19/h2-8H,1H3,(H2,15,19)(H,17,18). The van der Waals surface area contributed by atoms with Gasteiger partial charge in [0, 0.05) is 17.4 Å². The summed E-state index contributed by atoms with van der Waals surface area (Å²) in [5.74, 6) is -0.235. The molecule has 2 aromatic rings. The highest BCUT2D eigenvalue weighted by molar-refractivity contribution is 7.80. The van der Waals surface area contributed by atoms with Gasteiger partial charge in [-0.15, -0.1) is 0 Å². The zero-order chi connectivity index (χ0) is 13.8. The highest BCUT2D eigenvalue weighted by atomic mass is 32.1. The summed E-state index contributed by atoms with van der Waals surface area (Å²) >= 11 is 4.87. The summed E-state index contributed by atoms with van der Waals surface area (Å²) in [5, 5.41) is 2.78. The van der Waals surface area contributed by atoms with Gasteiger partial charge >= 0.3 is 0 Å². The number of rotatable bonds is 3. The highest BCUT2D eigenvalue weighted by Gasteiger charge is 2.10. The molecular weight excluding hydrogens is 258 g/mol. The number of amides is 1. The highest BCUT2D eigenvalue weighted by Crippen LogP contribution is 2.12. The molecule has 0 bridgehead atoms. The molecule has 0 aliphatic carbocycles. The number of nitrogens with one attached hydrogen (secondary N) is 1. The summed E-state index contributed by atoms with van der Waals surface area (Å²) in [7, 11) is 0. The second kappa shape index (κ2) is 5.58. The molecule has 0 saturated carbocycles. The van der Waals surface area contributed by atoms with Crippen molar-refractivity contribution in [2.45, 2.75) is 6.92 Å². The van der Waals surface area contributed by atoms with Gasteiger partial charge in [-0.05, 0) is 42.8 Å². The van der Waals surface area contributed by atoms with Gasteiger partial charge in [0.2, 0.25) is 0 Å². The Labute approximate surface area is 116 Å². The topological polar surface area (TPSA) is 68.0 Å². The minimum atomic E-state index is -0.235. The van der Waals surface area contributed by atoms with E-state index >= 15 is 0 Å². The molecule has 0 aliphatic heterocycles. The third-order valence-corrected chi connectivity index (χ3v) is 2.89. The van der Waals surface area contributed by atoms with Crippen LogP contribution in [0.15, 0.2) is 42.6 Å². The Morgan fingerprint density at radius 3 is 2.53 bits per heavy atom. The van der Waals surface area contributed by atoms with Crippen molar-refractivity contribution in [3.63, 3.8) is 0 Å². The molecule has 0 aliphatic rings. The van der Waals surface area contributed by atoms with Crippen LogP contribution in [0.5, 0.6) is 0 Å². The molecule has 2 rings (SSSR count). The van der Waals surface area contributed by atoms with Crippen LogP contribution in [0.25, 0.3) is 0 Å². The van der Waals surface area contributed by atoms with Crippen LogP contribution in [0.1, 0.15) is 21.6 Å². The van der Waals surface area contributed by atoms with Crippen LogP contribution in [0.3, 0.4) is 0 Å². The van der Waals surface area contributed by atoms with Crippen LogP contribution in [-0.2, 0) is 0 Å². The van der Waals surface area contributed by atoms with Crippen molar-refractivity contribution in [1.82, 2.24) is 4.98 Å². The lowest BCUT2D eigenvalue weighted by molar-refractivity contribution is 0.102. The monoisotopic (exact) mass is 271 g/mol. The van der Waals surface area contributed by atoms with Gasteiger partial charge in [0.15, 0.2) is 0 Å². The van der Waals surface area contributed by atoms with Crippen molar-refractivity contribution >= 4 is 28.8 Å². The van der Waals surface area contributed by atoms with Gasteiger partial charge in [0.05, 0.1) is 0 Å². The summed E-state index contributed by atoms with van der Waals surface area (Å²) in [6, 6.07) is 10.7. The number of pyridine rings is 1. The van der Waals surface area contributed by atoms with Crippen molar-refractivity contribution in [3.8, 4) is 0 Å². The zero-order valence-electron chi connectivity index (χ0n) is 10.4. The number of thiocarbonyl (C=S) groups is 1. The average Bonchev–Trinajstić information content (AvgIpc) is 2.39. The molecular formula is C14H13N3OS. The first-order valence-corrected chi connectivity index (χ1v) is 6.11. The number of nitrogens with two attached hydrogens (primary N) is 1. The van der Waals surface area contributed by atoms with E-state index in [9.17, 15) is 4.79 Å². The molecule has 0 atom stereocenters. The lowest BCUT2D eigenvalue weighted by Gasteiger charge is -2.07. The molecule has 1 aromatic carbocycles. The normalized spacial score (nSPS) is 9.95. The van der Waals surface area contributed by atoms with Gasteiger partial charge in [-0.1, -0.05) is 18.3 Å². The largest absolute Gasteiger partial charge is 0.389 e. The van der Waals surface area contributed by atoms with E-state index in [1.807, 2.05) is 13.0 Å². The predicted octanol–water partition coefficient (Wildman–Crippen LogP) is 2.28. The number of benzene rings is 1. The molecule has 0 fully saturated rings. The van der Waals surface area contributed by atoms with E-state index in [4.69, 9.17) is 18.0 Å². The Balaban J connectivity index is 2.15. The number of aromatic nitrogens is 1. The molecule has 0 unspecified atom stereocenters. The van der Waals surface area contributed by atoms with E-state index in [0.29, 0.717) is 16.4 Å². The van der Waals surface area contributed by atoms with E-state index in [0.717, 1.165) is 11.1 Å². The molecule has 96 valence electrons. The molecule has 19 heavy (non-hydrogen) atoms. The Morgan fingerprint density at radius 2 is 1.95 bits per heavy atom. The molecule has 5 heteroatoms. The number of aryl methyl sites for hydroxylation is 1. The number of hydrogen-bond donors (Lipinski definition) is 2. The van der Waals surface area contributed by atoms with Gasteiger partial charge in [-0.2, -0.15) is 0 Å². The summed E-state index contributed by atoms with van der Waals surface area (Å²) in [6.45, 7) is 1.85. The van der Waals surface area contributed by atoms with E-state index in [-0.39, 0.29) is 5.91 Å². The third-order valence-electron chi connectivity index (χ3n) is 2.65. The van der Waals surface area contributed by atoms with E-state index < -0.39 is 0 Å². The lowest BCUT2D eigenvalue weighted by Crippen LogP contribution is -2.15. The van der Waals surface area contributed by atoms with E-state index in [1.54, 1.807) is 36.5 Å². The van der Waals surface area contributed by atoms with Crippen LogP contribution in [-0.4, -0.2) is 15.9 Å². The Morgan fingerprint density at radius 1 is 1.26 bits per heavy atom. The minimum absolute atomic E-state index is 0.235. The van der Waals surface area contributed by atoms with Crippen molar-refractivity contribution in [1.29, 1.82) is 0 Å². The van der Waals surface area contributed by atoms with Crippen molar-refractivity contribution in [2.24, 2.45) is 5.73 Å². The lowest BCUT2D eigenvalue weighted by atomic mass is 10.2. The fraction of sp³-hybridized carbons (Fsp3) is 0.0714. The SMILES string of the molecule is Cc1cccnc1C(=O)Nc1ccc(C(N)=S)cc1. The Hall–Kier alpha value is -2.27. The number of anilines is 1. The molecule has 1 amide bonds. The third kappa shape index (κ3) is 3.14. The first kappa shape index (κ1) is 13.2. The number of nitrogens with zero attached hydrogens (tertiary/aromatic N) is 1. The van der Waals surface area contributed by atoms with Crippen LogP contribution in [0.4, 0.5) is 5.69 Å². The summed E-state index contributed by atoms with van der Waals surface area (Å²) in [5.41, 5.74) is 8.20. The maximum Gasteiger partial charge on any atom is 0.274 e. The second-order valence-corrected chi connectivity index (χ2v) is 4.50. The van der Waals surface area contributed by atoms with Crippen molar-refractivity contribution < 1.29 is 4.79 Å². The Bertz CT molecular complexity index is 623. The van der Waals surface area contributed by atoms with Gasteiger partial charge in [-0.25, -0.2) is 0 Å². The molecule has 0 radical (unpaired) electrons. The van der Waals surface area contributed by atoms with Crippen LogP contribution >= 0.6 is 12.2 Å². The van der Waals surface area contributed by atoms with E-state index in [2.05, 4.69) is 10.3 Å². The van der Waals surface area contributed by atoms with Gasteiger partial charge in [-0.3, -0.25) is 9.78 Å².